The molecular formula is C18H27NO4. The lowest BCUT2D eigenvalue weighted by Gasteiger charge is -2.45. The normalized spacial score (nSPS) is 23.0. The summed E-state index contributed by atoms with van der Waals surface area (Å²) in [6.45, 7) is 9.58. The van der Waals surface area contributed by atoms with Gasteiger partial charge in [-0.3, -0.25) is 0 Å². The lowest BCUT2D eigenvalue weighted by atomic mass is 9.68. The predicted molar refractivity (Wildman–Crippen MR) is 88.8 cm³/mol. The van der Waals surface area contributed by atoms with Crippen molar-refractivity contribution in [3.63, 3.8) is 0 Å². The molecule has 128 valence electrons. The van der Waals surface area contributed by atoms with Gasteiger partial charge in [-0.2, -0.15) is 0 Å². The Morgan fingerprint density at radius 1 is 1.35 bits per heavy atom. The second-order valence-corrected chi connectivity index (χ2v) is 7.67. The summed E-state index contributed by atoms with van der Waals surface area (Å²) in [7, 11) is 1.65. The van der Waals surface area contributed by atoms with Crippen molar-refractivity contribution in [3.05, 3.63) is 29.3 Å². The number of carbonyl (C=O) groups excluding carboxylic acids is 1. The van der Waals surface area contributed by atoms with Crippen molar-refractivity contribution in [1.82, 2.24) is 5.32 Å². The van der Waals surface area contributed by atoms with E-state index in [1.807, 2.05) is 40.7 Å². The number of hydrogen-bond donors (Lipinski definition) is 2. The third-order valence-corrected chi connectivity index (χ3v) is 4.33. The molecule has 1 amide bonds. The summed E-state index contributed by atoms with van der Waals surface area (Å²) in [4.78, 5) is 12.2. The van der Waals surface area contributed by atoms with Crippen LogP contribution < -0.4 is 5.32 Å². The van der Waals surface area contributed by atoms with Gasteiger partial charge in [-0.15, -0.1) is 0 Å². The number of phenols is 1. The standard InChI is InChI=1S/C18H27NO4/c1-17(2,3)23-16(21)19-15-14(22-6)9-11-7-8-12(20)10-13(11)18(15,4)5/h7-8,10,14-15,20H,9H2,1-6H3,(H,19,21)/t14-,15+/m1/s1. The SMILES string of the molecule is CO[C@@H]1Cc2ccc(O)cc2C(C)(C)[C@H]1NC(=O)OC(C)(C)C. The number of methoxy groups -OCH3 is 1. The van der Waals surface area contributed by atoms with Crippen molar-refractivity contribution in [1.29, 1.82) is 0 Å². The maximum Gasteiger partial charge on any atom is 0.407 e. The molecule has 0 fully saturated rings. The molecule has 1 aromatic carbocycles. The number of aromatic hydroxyl groups is 1. The Bertz CT molecular complexity index is 589. The van der Waals surface area contributed by atoms with E-state index in [9.17, 15) is 9.90 Å². The number of rotatable bonds is 2. The molecule has 5 heteroatoms. The van der Waals surface area contributed by atoms with Gasteiger partial charge < -0.3 is 19.9 Å². The van der Waals surface area contributed by atoms with Gasteiger partial charge in [0.05, 0.1) is 12.1 Å². The average Bonchev–Trinajstić information content (AvgIpc) is 2.40. The van der Waals surface area contributed by atoms with Crippen LogP contribution in [0.2, 0.25) is 0 Å². The molecule has 2 rings (SSSR count). The molecule has 0 heterocycles. The molecule has 0 unspecified atom stereocenters. The molecule has 1 aliphatic rings. The predicted octanol–water partition coefficient (Wildman–Crippen LogP) is 3.13. The number of nitrogens with one attached hydrogen (secondary N) is 1. The van der Waals surface area contributed by atoms with E-state index in [1.54, 1.807) is 19.2 Å². The van der Waals surface area contributed by atoms with Crippen molar-refractivity contribution >= 4 is 6.09 Å². The summed E-state index contributed by atoms with van der Waals surface area (Å²) in [6, 6.07) is 5.12. The lowest BCUT2D eigenvalue weighted by molar-refractivity contribution is 0.0156. The Labute approximate surface area is 138 Å². The summed E-state index contributed by atoms with van der Waals surface area (Å²) in [5.74, 6) is 0.226. The molecule has 0 aromatic heterocycles. The van der Waals surface area contributed by atoms with E-state index < -0.39 is 17.1 Å². The first-order valence-electron chi connectivity index (χ1n) is 7.89. The maximum atomic E-state index is 12.2. The second-order valence-electron chi connectivity index (χ2n) is 7.67. The van der Waals surface area contributed by atoms with Crippen molar-refractivity contribution in [2.24, 2.45) is 0 Å². The van der Waals surface area contributed by atoms with Crippen LogP contribution in [0.4, 0.5) is 4.79 Å². The largest absolute Gasteiger partial charge is 0.508 e. The van der Waals surface area contributed by atoms with E-state index in [0.717, 1.165) is 11.1 Å². The van der Waals surface area contributed by atoms with Crippen molar-refractivity contribution in [3.8, 4) is 5.75 Å². The summed E-state index contributed by atoms with van der Waals surface area (Å²) in [5, 5.41) is 12.8. The number of fused-ring (bicyclic) bond motifs is 1. The smallest absolute Gasteiger partial charge is 0.407 e. The minimum absolute atomic E-state index is 0.158. The Balaban J connectivity index is 2.32. The Morgan fingerprint density at radius 3 is 2.57 bits per heavy atom. The van der Waals surface area contributed by atoms with Gasteiger partial charge in [0.25, 0.3) is 0 Å². The van der Waals surface area contributed by atoms with Gasteiger partial charge in [-0.25, -0.2) is 4.79 Å². The average molecular weight is 321 g/mol. The van der Waals surface area contributed by atoms with Crippen LogP contribution in [0.25, 0.3) is 0 Å². The highest BCUT2D eigenvalue weighted by atomic mass is 16.6. The summed E-state index contributed by atoms with van der Waals surface area (Å²) >= 11 is 0. The van der Waals surface area contributed by atoms with Crippen molar-refractivity contribution < 1.29 is 19.4 Å². The van der Waals surface area contributed by atoms with E-state index in [1.165, 1.54) is 0 Å². The highest BCUT2D eigenvalue weighted by molar-refractivity contribution is 5.69. The van der Waals surface area contributed by atoms with Crippen LogP contribution in [0.3, 0.4) is 0 Å². The number of carbonyl (C=O) groups is 1. The molecule has 5 nitrogen and oxygen atoms in total. The topological polar surface area (TPSA) is 67.8 Å². The van der Waals surface area contributed by atoms with Crippen molar-refractivity contribution in [2.45, 2.75) is 64.2 Å². The van der Waals surface area contributed by atoms with E-state index in [2.05, 4.69) is 5.32 Å². The zero-order chi connectivity index (χ0) is 17.4. The first kappa shape index (κ1) is 17.6. The summed E-state index contributed by atoms with van der Waals surface area (Å²) < 4.78 is 11.0. The maximum absolute atomic E-state index is 12.2. The molecular weight excluding hydrogens is 294 g/mol. The fourth-order valence-corrected chi connectivity index (χ4v) is 3.24. The van der Waals surface area contributed by atoms with Crippen molar-refractivity contribution in [2.75, 3.05) is 7.11 Å². The van der Waals surface area contributed by atoms with Gasteiger partial charge in [0, 0.05) is 18.9 Å². The van der Waals surface area contributed by atoms with Gasteiger partial charge in [-0.05, 0) is 44.0 Å². The highest BCUT2D eigenvalue weighted by Gasteiger charge is 2.44. The van der Waals surface area contributed by atoms with Crippen LogP contribution in [-0.4, -0.2) is 36.1 Å². The first-order valence-corrected chi connectivity index (χ1v) is 7.89. The molecule has 0 bridgehead atoms. The first-order chi connectivity index (χ1) is 10.5. The van der Waals surface area contributed by atoms with Crippen LogP contribution in [-0.2, 0) is 21.3 Å². The van der Waals surface area contributed by atoms with Gasteiger partial charge in [0.1, 0.15) is 11.4 Å². The number of benzene rings is 1. The molecule has 0 saturated carbocycles. The number of amides is 1. The van der Waals surface area contributed by atoms with Crippen LogP contribution >= 0.6 is 0 Å². The van der Waals surface area contributed by atoms with Crippen LogP contribution in [0.15, 0.2) is 18.2 Å². The molecule has 0 radical (unpaired) electrons. The van der Waals surface area contributed by atoms with E-state index in [0.29, 0.717) is 6.42 Å². The quantitative estimate of drug-likeness (QED) is 0.878. The minimum atomic E-state index is -0.554. The molecule has 2 atom stereocenters. The van der Waals surface area contributed by atoms with Gasteiger partial charge >= 0.3 is 6.09 Å². The number of phenolic OH excluding ortho intramolecular Hbond substituents is 1. The number of alkyl carbamates (subject to hydrolysis) is 1. The van der Waals surface area contributed by atoms with Gasteiger partial charge in [0.2, 0.25) is 0 Å². The van der Waals surface area contributed by atoms with Gasteiger partial charge in [0.15, 0.2) is 0 Å². The van der Waals surface area contributed by atoms with E-state index >= 15 is 0 Å². The van der Waals surface area contributed by atoms with Gasteiger partial charge in [-0.1, -0.05) is 19.9 Å². The Kier molecular flexibility index (Phi) is 4.62. The lowest BCUT2D eigenvalue weighted by Crippen LogP contribution is -2.58. The minimum Gasteiger partial charge on any atom is -0.508 e. The fraction of sp³-hybridized carbons (Fsp3) is 0.611. The molecule has 1 aromatic rings. The second kappa shape index (κ2) is 6.04. The third-order valence-electron chi connectivity index (χ3n) is 4.33. The zero-order valence-corrected chi connectivity index (χ0v) is 14.8. The summed E-state index contributed by atoms with van der Waals surface area (Å²) in [5.41, 5.74) is 1.19. The fourth-order valence-electron chi connectivity index (χ4n) is 3.24. The molecule has 2 N–H and O–H groups in total. The molecule has 0 aliphatic heterocycles. The van der Waals surface area contributed by atoms with Crippen LogP contribution in [0.5, 0.6) is 5.75 Å². The van der Waals surface area contributed by atoms with Crippen LogP contribution in [0.1, 0.15) is 45.7 Å². The summed E-state index contributed by atoms with van der Waals surface area (Å²) in [6.07, 6.45) is 0.0616. The van der Waals surface area contributed by atoms with Crippen LogP contribution in [0, 0.1) is 0 Å². The molecule has 1 aliphatic carbocycles. The Morgan fingerprint density at radius 2 is 2.00 bits per heavy atom. The monoisotopic (exact) mass is 321 g/mol. The number of ether oxygens (including phenoxy) is 2. The zero-order valence-electron chi connectivity index (χ0n) is 14.8. The number of hydrogen-bond acceptors (Lipinski definition) is 4. The van der Waals surface area contributed by atoms with E-state index in [4.69, 9.17) is 9.47 Å². The highest BCUT2D eigenvalue weighted by Crippen LogP contribution is 2.39. The molecule has 0 spiro atoms. The molecule has 0 saturated heterocycles. The van der Waals surface area contributed by atoms with E-state index in [-0.39, 0.29) is 17.9 Å². The molecule has 23 heavy (non-hydrogen) atoms. The third kappa shape index (κ3) is 3.78. The Hall–Kier alpha value is -1.75.